The highest BCUT2D eigenvalue weighted by atomic mass is 16.6. The maximum atomic E-state index is 11.9. The maximum absolute atomic E-state index is 11.9. The molecule has 0 aliphatic rings. The molecule has 2 unspecified atom stereocenters. The van der Waals surface area contributed by atoms with Crippen LogP contribution in [-0.2, 0) is 9.53 Å². The van der Waals surface area contributed by atoms with Crippen molar-refractivity contribution in [3.8, 4) is 0 Å². The normalized spacial score (nSPS) is 14.0. The molecule has 0 saturated carbocycles. The quantitative estimate of drug-likeness (QED) is 0.726. The highest BCUT2D eigenvalue weighted by Crippen LogP contribution is 2.25. The maximum Gasteiger partial charge on any atom is 0.408 e. The Balaban J connectivity index is 2.94. The van der Waals surface area contributed by atoms with E-state index in [2.05, 4.69) is 5.32 Å². The highest BCUT2D eigenvalue weighted by Gasteiger charge is 2.31. The van der Waals surface area contributed by atoms with E-state index < -0.39 is 23.7 Å². The number of hydrogen-bond acceptors (Lipinski definition) is 4. The first-order chi connectivity index (χ1) is 10.1. The Morgan fingerprint density at radius 2 is 1.82 bits per heavy atom. The zero-order valence-corrected chi connectivity index (χ0v) is 13.4. The summed E-state index contributed by atoms with van der Waals surface area (Å²) in [5, 5.41) is 11.9. The van der Waals surface area contributed by atoms with E-state index >= 15 is 0 Å². The Morgan fingerprint density at radius 3 is 2.23 bits per heavy atom. The van der Waals surface area contributed by atoms with Crippen molar-refractivity contribution >= 4 is 17.7 Å². The first-order valence-corrected chi connectivity index (χ1v) is 7.21. The number of carboxylic acids is 1. The monoisotopic (exact) mass is 308 g/mol. The summed E-state index contributed by atoms with van der Waals surface area (Å²) >= 11 is 0. The highest BCUT2D eigenvalue weighted by molar-refractivity contribution is 5.81. The number of aliphatic carboxylic acids is 1. The molecule has 0 bridgehead atoms. The number of carbonyl (C=O) groups excluding carboxylic acids is 1. The molecule has 6 nitrogen and oxygen atoms in total. The minimum Gasteiger partial charge on any atom is -0.480 e. The van der Waals surface area contributed by atoms with Crippen LogP contribution in [0.4, 0.5) is 10.5 Å². The number of nitrogens with one attached hydrogen (secondary N) is 1. The first kappa shape index (κ1) is 17.8. The summed E-state index contributed by atoms with van der Waals surface area (Å²) in [6, 6.07) is 5.91. The van der Waals surface area contributed by atoms with Crippen molar-refractivity contribution < 1.29 is 19.4 Å². The number of carboxylic acid groups (broad SMARTS) is 1. The van der Waals surface area contributed by atoms with Crippen molar-refractivity contribution in [2.45, 2.75) is 51.7 Å². The molecule has 0 aliphatic carbocycles. The van der Waals surface area contributed by atoms with E-state index in [0.717, 1.165) is 5.56 Å². The Morgan fingerprint density at radius 1 is 1.27 bits per heavy atom. The van der Waals surface area contributed by atoms with Crippen LogP contribution in [0.1, 0.15) is 45.6 Å². The topological polar surface area (TPSA) is 102 Å². The molecule has 0 saturated heterocycles. The number of anilines is 1. The SMILES string of the molecule is CCC(c1ccc(N)cc1)C(NC(=O)OC(C)(C)C)C(=O)O. The van der Waals surface area contributed by atoms with Gasteiger partial charge in [-0.05, 0) is 44.9 Å². The van der Waals surface area contributed by atoms with Crippen molar-refractivity contribution in [2.75, 3.05) is 5.73 Å². The fourth-order valence-corrected chi connectivity index (χ4v) is 2.18. The second kappa shape index (κ2) is 7.15. The van der Waals surface area contributed by atoms with Gasteiger partial charge >= 0.3 is 12.1 Å². The van der Waals surface area contributed by atoms with Gasteiger partial charge in [0, 0.05) is 11.6 Å². The van der Waals surface area contributed by atoms with Gasteiger partial charge < -0.3 is 20.9 Å². The number of amides is 1. The summed E-state index contributed by atoms with van der Waals surface area (Å²) in [4.78, 5) is 23.4. The van der Waals surface area contributed by atoms with Crippen LogP contribution >= 0.6 is 0 Å². The number of nitrogens with two attached hydrogens (primary N) is 1. The van der Waals surface area contributed by atoms with Crippen molar-refractivity contribution in [3.63, 3.8) is 0 Å². The second-order valence-corrected chi connectivity index (χ2v) is 6.14. The van der Waals surface area contributed by atoms with Crippen LogP contribution in [0.15, 0.2) is 24.3 Å². The van der Waals surface area contributed by atoms with Gasteiger partial charge in [-0.15, -0.1) is 0 Å². The lowest BCUT2D eigenvalue weighted by atomic mass is 9.89. The zero-order chi connectivity index (χ0) is 16.9. The summed E-state index contributed by atoms with van der Waals surface area (Å²) in [6.07, 6.45) is -0.190. The number of benzene rings is 1. The van der Waals surface area contributed by atoms with E-state index in [9.17, 15) is 14.7 Å². The minimum atomic E-state index is -1.10. The van der Waals surface area contributed by atoms with E-state index in [-0.39, 0.29) is 5.92 Å². The van der Waals surface area contributed by atoms with Crippen LogP contribution < -0.4 is 11.1 Å². The average Bonchev–Trinajstić information content (AvgIpc) is 2.38. The summed E-state index contributed by atoms with van der Waals surface area (Å²) in [6.45, 7) is 7.03. The molecule has 0 radical (unpaired) electrons. The molecule has 0 fully saturated rings. The van der Waals surface area contributed by atoms with E-state index in [1.165, 1.54) is 0 Å². The largest absolute Gasteiger partial charge is 0.480 e. The fourth-order valence-electron chi connectivity index (χ4n) is 2.18. The van der Waals surface area contributed by atoms with Gasteiger partial charge in [0.15, 0.2) is 0 Å². The lowest BCUT2D eigenvalue weighted by molar-refractivity contribution is -0.140. The number of hydrogen-bond donors (Lipinski definition) is 3. The Kier molecular flexibility index (Phi) is 5.79. The van der Waals surface area contributed by atoms with Gasteiger partial charge in [0.25, 0.3) is 0 Å². The predicted molar refractivity (Wildman–Crippen MR) is 84.7 cm³/mol. The second-order valence-electron chi connectivity index (χ2n) is 6.14. The van der Waals surface area contributed by atoms with E-state index in [1.807, 2.05) is 6.92 Å². The van der Waals surface area contributed by atoms with Gasteiger partial charge in [0.1, 0.15) is 11.6 Å². The molecule has 0 spiro atoms. The van der Waals surface area contributed by atoms with Crippen LogP contribution in [0.2, 0.25) is 0 Å². The Labute approximate surface area is 130 Å². The smallest absolute Gasteiger partial charge is 0.408 e. The lowest BCUT2D eigenvalue weighted by Crippen LogP contribution is -2.46. The van der Waals surface area contributed by atoms with Gasteiger partial charge in [-0.1, -0.05) is 19.1 Å². The first-order valence-electron chi connectivity index (χ1n) is 7.21. The lowest BCUT2D eigenvalue weighted by Gasteiger charge is -2.26. The molecule has 1 amide bonds. The molecule has 1 aromatic rings. The van der Waals surface area contributed by atoms with Crippen LogP contribution in [-0.4, -0.2) is 28.8 Å². The van der Waals surface area contributed by atoms with Crippen molar-refractivity contribution in [3.05, 3.63) is 29.8 Å². The summed E-state index contributed by atoms with van der Waals surface area (Å²) in [7, 11) is 0. The Bertz CT molecular complexity index is 520. The molecule has 1 rings (SSSR count). The number of nitrogen functional groups attached to an aromatic ring is 1. The van der Waals surface area contributed by atoms with E-state index in [1.54, 1.807) is 45.0 Å². The molecule has 2 atom stereocenters. The van der Waals surface area contributed by atoms with Crippen molar-refractivity contribution in [1.82, 2.24) is 5.32 Å². The molecule has 6 heteroatoms. The predicted octanol–water partition coefficient (Wildman–Crippen LogP) is 2.74. The van der Waals surface area contributed by atoms with Gasteiger partial charge in [-0.3, -0.25) is 0 Å². The van der Waals surface area contributed by atoms with E-state index in [0.29, 0.717) is 12.1 Å². The van der Waals surface area contributed by atoms with Crippen molar-refractivity contribution in [1.29, 1.82) is 0 Å². The number of carbonyl (C=O) groups is 2. The van der Waals surface area contributed by atoms with Gasteiger partial charge in [-0.2, -0.15) is 0 Å². The number of rotatable bonds is 5. The van der Waals surface area contributed by atoms with Gasteiger partial charge in [0.05, 0.1) is 0 Å². The third-order valence-electron chi connectivity index (χ3n) is 3.15. The van der Waals surface area contributed by atoms with Crippen LogP contribution in [0, 0.1) is 0 Å². The van der Waals surface area contributed by atoms with Crippen LogP contribution in [0.25, 0.3) is 0 Å². The minimum absolute atomic E-state index is 0.370. The molecule has 122 valence electrons. The fraction of sp³-hybridized carbons (Fsp3) is 0.500. The summed E-state index contributed by atoms with van der Waals surface area (Å²) in [5.74, 6) is -1.47. The zero-order valence-electron chi connectivity index (χ0n) is 13.4. The molecule has 0 aromatic heterocycles. The standard InChI is InChI=1S/C16H24N2O4/c1-5-12(10-6-8-11(17)9-7-10)13(14(19)20)18-15(21)22-16(2,3)4/h6-9,12-13H,5,17H2,1-4H3,(H,18,21)(H,19,20). The summed E-state index contributed by atoms with van der Waals surface area (Å²) in [5.41, 5.74) is 6.37. The van der Waals surface area contributed by atoms with Crippen LogP contribution in [0.5, 0.6) is 0 Å². The molecule has 4 N–H and O–H groups in total. The summed E-state index contributed by atoms with van der Waals surface area (Å²) < 4.78 is 5.13. The van der Waals surface area contributed by atoms with Gasteiger partial charge in [-0.25, -0.2) is 9.59 Å². The van der Waals surface area contributed by atoms with E-state index in [4.69, 9.17) is 10.5 Å². The molecule has 0 aliphatic heterocycles. The average molecular weight is 308 g/mol. The number of alkyl carbamates (subject to hydrolysis) is 1. The molecular weight excluding hydrogens is 284 g/mol. The van der Waals surface area contributed by atoms with Gasteiger partial charge in [0.2, 0.25) is 0 Å². The molecular formula is C16H24N2O4. The third-order valence-corrected chi connectivity index (χ3v) is 3.15. The molecule has 1 aromatic carbocycles. The van der Waals surface area contributed by atoms with Crippen LogP contribution in [0.3, 0.4) is 0 Å². The third kappa shape index (κ3) is 5.27. The van der Waals surface area contributed by atoms with Crippen molar-refractivity contribution in [2.24, 2.45) is 0 Å². The Hall–Kier alpha value is -2.24. The molecule has 22 heavy (non-hydrogen) atoms. The number of ether oxygens (including phenoxy) is 1. The molecule has 0 heterocycles.